The van der Waals surface area contributed by atoms with Gasteiger partial charge in [-0.2, -0.15) is 12.6 Å². The van der Waals surface area contributed by atoms with E-state index in [-0.39, 0.29) is 5.75 Å². The number of amides is 2. The van der Waals surface area contributed by atoms with Gasteiger partial charge < -0.3 is 0 Å². The first-order valence-electron chi connectivity index (χ1n) is 3.88. The minimum absolute atomic E-state index is 0.0134. The summed E-state index contributed by atoms with van der Waals surface area (Å²) in [5.74, 6) is -0.884. The Bertz CT molecular complexity index is 366. The molecule has 14 heavy (non-hydrogen) atoms. The molecule has 0 aliphatic heterocycles. The van der Waals surface area contributed by atoms with Crippen LogP contribution in [0.15, 0.2) is 29.2 Å². The fourth-order valence-electron chi connectivity index (χ4n) is 0.899. The van der Waals surface area contributed by atoms with Gasteiger partial charge in [-0.1, -0.05) is 12.1 Å². The SMILES string of the molecule is O=C(CS)NC(=O)c1ccccc1S. The highest BCUT2D eigenvalue weighted by Crippen LogP contribution is 2.12. The summed E-state index contributed by atoms with van der Waals surface area (Å²) in [6.07, 6.45) is 0. The molecule has 1 aromatic carbocycles. The third-order valence-corrected chi connectivity index (χ3v) is 2.22. The molecule has 0 saturated carbocycles. The van der Waals surface area contributed by atoms with Crippen LogP contribution in [0.2, 0.25) is 0 Å². The minimum atomic E-state index is -0.449. The normalized spacial score (nSPS) is 9.57. The molecule has 3 nitrogen and oxygen atoms in total. The van der Waals surface area contributed by atoms with Crippen LogP contribution in [-0.4, -0.2) is 17.6 Å². The highest BCUT2D eigenvalue weighted by atomic mass is 32.1. The summed E-state index contributed by atoms with van der Waals surface area (Å²) in [6.45, 7) is 0. The predicted octanol–water partition coefficient (Wildman–Crippen LogP) is 1.16. The summed E-state index contributed by atoms with van der Waals surface area (Å²) in [4.78, 5) is 22.8. The van der Waals surface area contributed by atoms with Gasteiger partial charge in [0.25, 0.3) is 5.91 Å². The molecule has 0 saturated heterocycles. The number of carbonyl (C=O) groups is 2. The van der Waals surface area contributed by atoms with E-state index in [0.29, 0.717) is 10.5 Å². The van der Waals surface area contributed by atoms with Crippen molar-refractivity contribution in [3.05, 3.63) is 29.8 Å². The number of nitrogens with one attached hydrogen (secondary N) is 1. The van der Waals surface area contributed by atoms with E-state index in [1.165, 1.54) is 0 Å². The summed E-state index contributed by atoms with van der Waals surface area (Å²) < 4.78 is 0. The van der Waals surface area contributed by atoms with Crippen LogP contribution in [0.1, 0.15) is 10.4 Å². The number of rotatable bonds is 2. The Morgan fingerprint density at radius 1 is 1.29 bits per heavy atom. The van der Waals surface area contributed by atoms with E-state index in [0.717, 1.165) is 0 Å². The van der Waals surface area contributed by atoms with E-state index in [1.54, 1.807) is 24.3 Å². The van der Waals surface area contributed by atoms with Crippen molar-refractivity contribution in [2.75, 3.05) is 5.75 Å². The molecule has 0 aliphatic rings. The summed E-state index contributed by atoms with van der Waals surface area (Å²) in [5.41, 5.74) is 0.381. The van der Waals surface area contributed by atoms with Crippen LogP contribution >= 0.6 is 25.3 Å². The molecule has 0 heterocycles. The summed E-state index contributed by atoms with van der Waals surface area (Å²) in [7, 11) is 0. The molecule has 1 aromatic rings. The van der Waals surface area contributed by atoms with Crippen LogP contribution in [0.3, 0.4) is 0 Å². The van der Waals surface area contributed by atoms with Crippen molar-refractivity contribution in [3.8, 4) is 0 Å². The fourth-order valence-corrected chi connectivity index (χ4v) is 1.24. The molecule has 0 radical (unpaired) electrons. The predicted molar refractivity (Wildman–Crippen MR) is 60.0 cm³/mol. The zero-order chi connectivity index (χ0) is 10.6. The average Bonchev–Trinajstić information content (AvgIpc) is 2.18. The van der Waals surface area contributed by atoms with Crippen LogP contribution in [0.4, 0.5) is 0 Å². The van der Waals surface area contributed by atoms with Crippen molar-refractivity contribution in [3.63, 3.8) is 0 Å². The van der Waals surface area contributed by atoms with Crippen LogP contribution in [0.25, 0.3) is 0 Å². The third-order valence-electron chi connectivity index (χ3n) is 1.55. The van der Waals surface area contributed by atoms with Crippen molar-refractivity contribution in [1.82, 2.24) is 5.32 Å². The maximum Gasteiger partial charge on any atom is 0.258 e. The zero-order valence-corrected chi connectivity index (χ0v) is 9.02. The fraction of sp³-hybridized carbons (Fsp3) is 0.111. The summed E-state index contributed by atoms with van der Waals surface area (Å²) >= 11 is 7.84. The molecule has 1 rings (SSSR count). The smallest absolute Gasteiger partial charge is 0.258 e. The van der Waals surface area contributed by atoms with E-state index in [9.17, 15) is 9.59 Å². The Morgan fingerprint density at radius 2 is 1.93 bits per heavy atom. The van der Waals surface area contributed by atoms with Gasteiger partial charge in [0, 0.05) is 4.90 Å². The number of hydrogen-bond acceptors (Lipinski definition) is 4. The highest BCUT2D eigenvalue weighted by Gasteiger charge is 2.10. The molecule has 2 amide bonds. The van der Waals surface area contributed by atoms with E-state index in [4.69, 9.17) is 0 Å². The van der Waals surface area contributed by atoms with Crippen LogP contribution < -0.4 is 5.32 Å². The van der Waals surface area contributed by atoms with Crippen molar-refractivity contribution in [2.45, 2.75) is 4.90 Å². The van der Waals surface area contributed by atoms with Crippen molar-refractivity contribution in [1.29, 1.82) is 0 Å². The van der Waals surface area contributed by atoms with Gasteiger partial charge in [-0.05, 0) is 12.1 Å². The molecule has 74 valence electrons. The van der Waals surface area contributed by atoms with Gasteiger partial charge in [0.1, 0.15) is 0 Å². The van der Waals surface area contributed by atoms with E-state index in [2.05, 4.69) is 30.6 Å². The topological polar surface area (TPSA) is 46.2 Å². The standard InChI is InChI=1S/C9H9NO2S2/c11-8(5-13)10-9(12)6-3-1-2-4-7(6)14/h1-4,13-14H,5H2,(H,10,11,12). The van der Waals surface area contributed by atoms with Crippen LogP contribution in [0, 0.1) is 0 Å². The number of carbonyl (C=O) groups excluding carboxylic acids is 2. The number of hydrogen-bond donors (Lipinski definition) is 3. The number of thiol groups is 2. The second-order valence-electron chi connectivity index (χ2n) is 2.55. The van der Waals surface area contributed by atoms with E-state index in [1.807, 2.05) is 0 Å². The van der Waals surface area contributed by atoms with E-state index >= 15 is 0 Å². The van der Waals surface area contributed by atoms with Gasteiger partial charge in [0.05, 0.1) is 11.3 Å². The van der Waals surface area contributed by atoms with E-state index < -0.39 is 11.8 Å². The Morgan fingerprint density at radius 3 is 2.50 bits per heavy atom. The lowest BCUT2D eigenvalue weighted by molar-refractivity contribution is -0.117. The van der Waals surface area contributed by atoms with Crippen molar-refractivity contribution in [2.24, 2.45) is 0 Å². The lowest BCUT2D eigenvalue weighted by atomic mass is 10.2. The molecule has 0 atom stereocenters. The Balaban J connectivity index is 2.80. The van der Waals surface area contributed by atoms with Gasteiger partial charge in [0.2, 0.25) is 5.91 Å². The molecular weight excluding hydrogens is 218 g/mol. The molecule has 0 aliphatic carbocycles. The van der Waals surface area contributed by atoms with Crippen LogP contribution in [-0.2, 0) is 4.79 Å². The lowest BCUT2D eigenvalue weighted by Gasteiger charge is -2.03. The molecule has 0 bridgehead atoms. The average molecular weight is 227 g/mol. The monoisotopic (exact) mass is 227 g/mol. The first-order valence-corrected chi connectivity index (χ1v) is 4.96. The van der Waals surface area contributed by atoms with Crippen LogP contribution in [0.5, 0.6) is 0 Å². The summed E-state index contributed by atoms with van der Waals surface area (Å²) in [6, 6.07) is 6.76. The minimum Gasteiger partial charge on any atom is -0.292 e. The lowest BCUT2D eigenvalue weighted by Crippen LogP contribution is -2.31. The maximum absolute atomic E-state index is 11.4. The van der Waals surface area contributed by atoms with Gasteiger partial charge >= 0.3 is 0 Å². The second-order valence-corrected chi connectivity index (χ2v) is 3.35. The molecule has 5 heteroatoms. The van der Waals surface area contributed by atoms with Gasteiger partial charge in [-0.3, -0.25) is 14.9 Å². The molecule has 0 aromatic heterocycles. The van der Waals surface area contributed by atoms with Crippen molar-refractivity contribution < 1.29 is 9.59 Å². The Hall–Kier alpha value is -0.940. The molecule has 0 spiro atoms. The molecule has 1 N–H and O–H groups in total. The molecule has 0 fully saturated rings. The van der Waals surface area contributed by atoms with Gasteiger partial charge in [-0.25, -0.2) is 0 Å². The highest BCUT2D eigenvalue weighted by molar-refractivity contribution is 7.81. The van der Waals surface area contributed by atoms with Gasteiger partial charge in [-0.15, -0.1) is 12.6 Å². The Labute approximate surface area is 92.7 Å². The Kier molecular flexibility index (Phi) is 4.03. The second kappa shape index (κ2) is 5.07. The quantitative estimate of drug-likeness (QED) is 0.664. The first kappa shape index (κ1) is 11.1. The summed E-state index contributed by atoms with van der Waals surface area (Å²) in [5, 5.41) is 2.18. The number of benzene rings is 1. The largest absolute Gasteiger partial charge is 0.292 e. The first-order chi connectivity index (χ1) is 6.65. The molecule has 0 unspecified atom stereocenters. The van der Waals surface area contributed by atoms with Gasteiger partial charge in [0.15, 0.2) is 0 Å². The number of imide groups is 1. The third kappa shape index (κ3) is 2.78. The molecular formula is C9H9NO2S2. The van der Waals surface area contributed by atoms with Crippen molar-refractivity contribution >= 4 is 37.1 Å². The maximum atomic E-state index is 11.4. The zero-order valence-electron chi connectivity index (χ0n) is 7.23.